The quantitative estimate of drug-likeness (QED) is 0.716. The molecule has 3 atom stereocenters. The Kier molecular flexibility index (Phi) is 4.97. The highest BCUT2D eigenvalue weighted by Crippen LogP contribution is 2.15. The van der Waals surface area contributed by atoms with E-state index in [1.807, 2.05) is 0 Å². The van der Waals surface area contributed by atoms with Crippen LogP contribution in [0.5, 0.6) is 0 Å². The van der Waals surface area contributed by atoms with Crippen LogP contribution in [0.25, 0.3) is 0 Å². The average molecular weight is 255 g/mol. The largest absolute Gasteiger partial charge is 0.380 e. The summed E-state index contributed by atoms with van der Waals surface area (Å²) in [6.07, 6.45) is 2.17. The summed E-state index contributed by atoms with van der Waals surface area (Å²) in [7, 11) is 1.70. The molecule has 0 aromatic heterocycles. The summed E-state index contributed by atoms with van der Waals surface area (Å²) in [5, 5.41) is 6.28. The van der Waals surface area contributed by atoms with Crippen molar-refractivity contribution in [2.45, 2.75) is 31.9 Å². The first kappa shape index (κ1) is 13.8. The molecule has 2 aliphatic rings. The number of carbonyl (C=O) groups excluding carboxylic acids is 1. The van der Waals surface area contributed by atoms with Gasteiger partial charge in [-0.15, -0.1) is 0 Å². The zero-order chi connectivity index (χ0) is 13.0. The molecule has 0 aliphatic carbocycles. The minimum atomic E-state index is -0.0707. The standard InChI is InChI=1S/C13H25N3O2/c1-3-16-5-4-10(9-16)7-15-13(17)12-6-11(18-2)8-14-12/h10-12,14H,3-9H2,1-2H3,(H,15,17). The molecule has 5 heteroatoms. The van der Waals surface area contributed by atoms with Crippen molar-refractivity contribution in [1.29, 1.82) is 0 Å². The fourth-order valence-electron chi connectivity index (χ4n) is 2.82. The number of nitrogens with one attached hydrogen (secondary N) is 2. The van der Waals surface area contributed by atoms with E-state index in [1.165, 1.54) is 13.0 Å². The Morgan fingerprint density at radius 1 is 1.56 bits per heavy atom. The van der Waals surface area contributed by atoms with E-state index in [0.717, 1.165) is 32.6 Å². The number of amides is 1. The lowest BCUT2D eigenvalue weighted by Crippen LogP contribution is -2.42. The summed E-state index contributed by atoms with van der Waals surface area (Å²) < 4.78 is 5.25. The molecule has 2 heterocycles. The molecule has 0 bridgehead atoms. The molecular weight excluding hydrogens is 230 g/mol. The van der Waals surface area contributed by atoms with E-state index in [-0.39, 0.29) is 18.1 Å². The van der Waals surface area contributed by atoms with Gasteiger partial charge in [0.1, 0.15) is 0 Å². The fourth-order valence-corrected chi connectivity index (χ4v) is 2.82. The number of ether oxygens (including phenoxy) is 1. The van der Waals surface area contributed by atoms with Crippen molar-refractivity contribution >= 4 is 5.91 Å². The van der Waals surface area contributed by atoms with Crippen molar-refractivity contribution in [3.63, 3.8) is 0 Å². The molecule has 0 saturated carbocycles. The van der Waals surface area contributed by atoms with Gasteiger partial charge in [0.25, 0.3) is 0 Å². The van der Waals surface area contributed by atoms with Crippen LogP contribution in [-0.4, -0.2) is 62.8 Å². The van der Waals surface area contributed by atoms with Gasteiger partial charge in [-0.25, -0.2) is 0 Å². The van der Waals surface area contributed by atoms with Gasteiger partial charge in [0.05, 0.1) is 12.1 Å². The Bertz CT molecular complexity index is 285. The number of methoxy groups -OCH3 is 1. The van der Waals surface area contributed by atoms with Gasteiger partial charge >= 0.3 is 0 Å². The van der Waals surface area contributed by atoms with Gasteiger partial charge in [0.2, 0.25) is 5.91 Å². The molecule has 0 aromatic carbocycles. The first-order chi connectivity index (χ1) is 8.72. The van der Waals surface area contributed by atoms with E-state index < -0.39 is 0 Å². The third-order valence-corrected chi connectivity index (χ3v) is 4.12. The van der Waals surface area contributed by atoms with E-state index in [9.17, 15) is 4.79 Å². The molecule has 2 rings (SSSR count). The summed E-state index contributed by atoms with van der Waals surface area (Å²) in [4.78, 5) is 14.4. The molecule has 2 fully saturated rings. The average Bonchev–Trinajstić information content (AvgIpc) is 3.04. The number of carbonyl (C=O) groups is 1. The molecule has 0 spiro atoms. The number of hydrogen-bond acceptors (Lipinski definition) is 4. The van der Waals surface area contributed by atoms with E-state index in [4.69, 9.17) is 4.74 Å². The smallest absolute Gasteiger partial charge is 0.237 e. The molecule has 104 valence electrons. The van der Waals surface area contributed by atoms with Crippen molar-refractivity contribution in [2.75, 3.05) is 39.8 Å². The topological polar surface area (TPSA) is 53.6 Å². The molecule has 2 N–H and O–H groups in total. The van der Waals surface area contributed by atoms with Crippen molar-refractivity contribution in [2.24, 2.45) is 5.92 Å². The Morgan fingerprint density at radius 3 is 3.00 bits per heavy atom. The van der Waals surface area contributed by atoms with Gasteiger partial charge in [-0.2, -0.15) is 0 Å². The Labute approximate surface area is 109 Å². The lowest BCUT2D eigenvalue weighted by molar-refractivity contribution is -0.123. The van der Waals surface area contributed by atoms with Crippen LogP contribution >= 0.6 is 0 Å². The van der Waals surface area contributed by atoms with E-state index in [2.05, 4.69) is 22.5 Å². The second-order valence-electron chi connectivity index (χ2n) is 5.35. The van der Waals surface area contributed by atoms with Crippen LogP contribution in [-0.2, 0) is 9.53 Å². The molecular formula is C13H25N3O2. The first-order valence-electron chi connectivity index (χ1n) is 6.99. The van der Waals surface area contributed by atoms with Crippen molar-refractivity contribution in [3.05, 3.63) is 0 Å². The molecule has 2 aliphatic heterocycles. The maximum Gasteiger partial charge on any atom is 0.237 e. The van der Waals surface area contributed by atoms with Crippen LogP contribution in [0.4, 0.5) is 0 Å². The molecule has 3 unspecified atom stereocenters. The summed E-state index contributed by atoms with van der Waals surface area (Å²) in [6, 6.07) is -0.0707. The van der Waals surface area contributed by atoms with Gasteiger partial charge in [0.15, 0.2) is 0 Å². The SMILES string of the molecule is CCN1CCC(CNC(=O)C2CC(OC)CN2)C1. The molecule has 18 heavy (non-hydrogen) atoms. The van der Waals surface area contributed by atoms with Crippen LogP contribution in [0.2, 0.25) is 0 Å². The van der Waals surface area contributed by atoms with Gasteiger partial charge < -0.3 is 20.3 Å². The van der Waals surface area contributed by atoms with Gasteiger partial charge in [-0.05, 0) is 31.8 Å². The van der Waals surface area contributed by atoms with Crippen LogP contribution in [0, 0.1) is 5.92 Å². The monoisotopic (exact) mass is 255 g/mol. The van der Waals surface area contributed by atoms with Crippen LogP contribution in [0.1, 0.15) is 19.8 Å². The molecule has 5 nitrogen and oxygen atoms in total. The van der Waals surface area contributed by atoms with Crippen molar-refractivity contribution in [1.82, 2.24) is 15.5 Å². The summed E-state index contributed by atoms with van der Waals surface area (Å²) in [5.41, 5.74) is 0. The minimum Gasteiger partial charge on any atom is -0.380 e. The zero-order valence-electron chi connectivity index (χ0n) is 11.4. The summed E-state index contributed by atoms with van der Waals surface area (Å²) in [6.45, 7) is 7.19. The number of hydrogen-bond donors (Lipinski definition) is 2. The van der Waals surface area contributed by atoms with E-state index in [0.29, 0.717) is 5.92 Å². The van der Waals surface area contributed by atoms with Crippen LogP contribution in [0.3, 0.4) is 0 Å². The fraction of sp³-hybridized carbons (Fsp3) is 0.923. The lowest BCUT2D eigenvalue weighted by atomic mass is 10.1. The van der Waals surface area contributed by atoms with E-state index in [1.54, 1.807) is 7.11 Å². The molecule has 0 radical (unpaired) electrons. The highest BCUT2D eigenvalue weighted by molar-refractivity contribution is 5.82. The molecule has 2 saturated heterocycles. The maximum absolute atomic E-state index is 12.0. The van der Waals surface area contributed by atoms with Gasteiger partial charge in [-0.1, -0.05) is 6.92 Å². The lowest BCUT2D eigenvalue weighted by Gasteiger charge is -2.15. The minimum absolute atomic E-state index is 0.0707. The normalized spacial score (nSPS) is 32.9. The summed E-state index contributed by atoms with van der Waals surface area (Å²) >= 11 is 0. The van der Waals surface area contributed by atoms with Gasteiger partial charge in [-0.3, -0.25) is 4.79 Å². The Balaban J connectivity index is 1.66. The highest BCUT2D eigenvalue weighted by atomic mass is 16.5. The summed E-state index contributed by atoms with van der Waals surface area (Å²) in [5.74, 6) is 0.748. The number of rotatable bonds is 5. The van der Waals surface area contributed by atoms with E-state index >= 15 is 0 Å². The zero-order valence-corrected chi connectivity index (χ0v) is 11.4. The third-order valence-electron chi connectivity index (χ3n) is 4.12. The Morgan fingerprint density at radius 2 is 2.39 bits per heavy atom. The molecule has 1 amide bonds. The second kappa shape index (κ2) is 6.50. The van der Waals surface area contributed by atoms with Crippen LogP contribution in [0.15, 0.2) is 0 Å². The second-order valence-corrected chi connectivity index (χ2v) is 5.35. The van der Waals surface area contributed by atoms with Gasteiger partial charge in [0, 0.05) is 26.7 Å². The highest BCUT2D eigenvalue weighted by Gasteiger charge is 2.30. The maximum atomic E-state index is 12.0. The molecule has 0 aromatic rings. The van der Waals surface area contributed by atoms with Crippen molar-refractivity contribution in [3.8, 4) is 0 Å². The van der Waals surface area contributed by atoms with Crippen molar-refractivity contribution < 1.29 is 9.53 Å². The number of nitrogens with zero attached hydrogens (tertiary/aromatic N) is 1. The van der Waals surface area contributed by atoms with Crippen LogP contribution < -0.4 is 10.6 Å². The Hall–Kier alpha value is -0.650. The number of likely N-dealkylation sites (tertiary alicyclic amines) is 1. The third kappa shape index (κ3) is 3.43. The first-order valence-corrected chi connectivity index (χ1v) is 6.99. The predicted octanol–water partition coefficient (Wildman–Crippen LogP) is -0.179. The predicted molar refractivity (Wildman–Crippen MR) is 70.4 cm³/mol.